The van der Waals surface area contributed by atoms with Crippen LogP contribution in [0, 0.1) is 23.2 Å². The van der Waals surface area contributed by atoms with Crippen molar-refractivity contribution in [3.63, 3.8) is 0 Å². The van der Waals surface area contributed by atoms with Crippen LogP contribution in [0.4, 0.5) is 22.0 Å². The number of anilines is 3. The molecule has 26 heavy (non-hydrogen) atoms. The van der Waals surface area contributed by atoms with Crippen LogP contribution in [0.5, 0.6) is 0 Å². The number of ether oxygens (including phenoxy) is 1. The molecule has 0 unspecified atom stereocenters. The number of cyclic esters (lactones) is 1. The van der Waals surface area contributed by atoms with E-state index < -0.39 is 6.09 Å². The highest BCUT2D eigenvalue weighted by Gasteiger charge is 2.43. The summed E-state index contributed by atoms with van der Waals surface area (Å²) in [5.74, 6) is -0.492. The molecule has 1 aromatic heterocycles. The van der Waals surface area contributed by atoms with Gasteiger partial charge >= 0.3 is 6.09 Å². The van der Waals surface area contributed by atoms with Crippen molar-refractivity contribution in [3.05, 3.63) is 18.2 Å². The molecule has 9 heteroatoms. The van der Waals surface area contributed by atoms with Gasteiger partial charge in [-0.25, -0.2) is 4.79 Å². The van der Waals surface area contributed by atoms with Gasteiger partial charge in [0.1, 0.15) is 12.1 Å². The van der Waals surface area contributed by atoms with E-state index in [9.17, 15) is 9.59 Å². The third-order valence-electron chi connectivity index (χ3n) is 4.61. The SMILES string of the molecule is C[C@H]1COC(=O)N1c1cc(N)c2nnc(NC(=O)[C@H]3C[C@@H]3C#N)cc2c1. The summed E-state index contributed by atoms with van der Waals surface area (Å²) >= 11 is 0. The first-order chi connectivity index (χ1) is 12.5. The molecule has 1 aliphatic carbocycles. The van der Waals surface area contributed by atoms with E-state index >= 15 is 0 Å². The van der Waals surface area contributed by atoms with Gasteiger partial charge in [-0.1, -0.05) is 0 Å². The fraction of sp³-hybridized carbons (Fsp3) is 0.353. The standard InChI is InChI=1S/C17H16N6O3/c1-8-7-26-17(25)23(8)11-2-9-4-14(21-22-15(9)13(19)5-11)20-16(24)12-3-10(12)6-18/h2,4-5,8,10,12H,3,7,19H2,1H3,(H,20,21,24)/t8-,10+,12-/m0/s1. The number of amides is 2. The van der Waals surface area contributed by atoms with E-state index in [1.807, 2.05) is 6.92 Å². The number of carbonyl (C=O) groups is 2. The van der Waals surface area contributed by atoms with Crippen LogP contribution in [0.1, 0.15) is 13.3 Å². The van der Waals surface area contributed by atoms with Crippen LogP contribution >= 0.6 is 0 Å². The lowest BCUT2D eigenvalue weighted by Crippen LogP contribution is -2.30. The molecule has 2 amide bonds. The van der Waals surface area contributed by atoms with E-state index in [0.717, 1.165) is 0 Å². The van der Waals surface area contributed by atoms with Gasteiger partial charge < -0.3 is 15.8 Å². The monoisotopic (exact) mass is 352 g/mol. The minimum Gasteiger partial charge on any atom is -0.447 e. The smallest absolute Gasteiger partial charge is 0.414 e. The van der Waals surface area contributed by atoms with Gasteiger partial charge in [-0.2, -0.15) is 5.26 Å². The predicted molar refractivity (Wildman–Crippen MR) is 93.1 cm³/mol. The minimum atomic E-state index is -0.428. The molecule has 9 nitrogen and oxygen atoms in total. The third kappa shape index (κ3) is 2.65. The van der Waals surface area contributed by atoms with Crippen molar-refractivity contribution in [3.8, 4) is 6.07 Å². The summed E-state index contributed by atoms with van der Waals surface area (Å²) in [5.41, 5.74) is 7.51. The average molecular weight is 352 g/mol. The molecule has 0 spiro atoms. The average Bonchev–Trinajstić information content (AvgIpc) is 3.33. The van der Waals surface area contributed by atoms with E-state index in [0.29, 0.717) is 35.3 Å². The number of nitriles is 1. The number of aromatic nitrogens is 2. The zero-order chi connectivity index (χ0) is 18.4. The minimum absolute atomic E-state index is 0.105. The zero-order valence-electron chi connectivity index (χ0n) is 14.0. The Bertz CT molecular complexity index is 969. The Hall–Kier alpha value is -3.41. The number of hydrogen-bond acceptors (Lipinski definition) is 7. The summed E-state index contributed by atoms with van der Waals surface area (Å²) < 4.78 is 5.05. The Kier molecular flexibility index (Phi) is 3.61. The highest BCUT2D eigenvalue weighted by molar-refractivity contribution is 6.00. The number of benzene rings is 1. The van der Waals surface area contributed by atoms with Crippen molar-refractivity contribution in [2.24, 2.45) is 11.8 Å². The van der Waals surface area contributed by atoms with Gasteiger partial charge in [0.15, 0.2) is 5.82 Å². The summed E-state index contributed by atoms with van der Waals surface area (Å²) in [6, 6.07) is 7.03. The first-order valence-corrected chi connectivity index (χ1v) is 8.21. The maximum Gasteiger partial charge on any atom is 0.414 e. The van der Waals surface area contributed by atoms with Crippen LogP contribution in [0.2, 0.25) is 0 Å². The maximum absolute atomic E-state index is 12.1. The molecule has 2 aliphatic rings. The van der Waals surface area contributed by atoms with Crippen LogP contribution in [-0.4, -0.2) is 34.8 Å². The Morgan fingerprint density at radius 2 is 2.23 bits per heavy atom. The van der Waals surface area contributed by atoms with Crippen molar-refractivity contribution in [2.45, 2.75) is 19.4 Å². The Morgan fingerprint density at radius 3 is 2.88 bits per heavy atom. The highest BCUT2D eigenvalue weighted by Crippen LogP contribution is 2.38. The number of nitrogens with zero attached hydrogens (tertiary/aromatic N) is 4. The van der Waals surface area contributed by atoms with E-state index in [4.69, 9.17) is 15.7 Å². The molecule has 3 N–H and O–H groups in total. The Balaban J connectivity index is 1.65. The number of rotatable bonds is 3. The zero-order valence-corrected chi connectivity index (χ0v) is 14.0. The number of hydrogen-bond donors (Lipinski definition) is 2. The fourth-order valence-corrected chi connectivity index (χ4v) is 3.09. The van der Waals surface area contributed by atoms with Crippen LogP contribution < -0.4 is 16.0 Å². The fourth-order valence-electron chi connectivity index (χ4n) is 3.09. The topological polar surface area (TPSA) is 134 Å². The molecule has 2 heterocycles. The van der Waals surface area contributed by atoms with Gasteiger partial charge in [0.25, 0.3) is 0 Å². The summed E-state index contributed by atoms with van der Waals surface area (Å²) in [6.45, 7) is 2.19. The van der Waals surface area contributed by atoms with Crippen molar-refractivity contribution >= 4 is 40.1 Å². The molecule has 2 aromatic rings. The molecule has 1 saturated carbocycles. The second kappa shape index (κ2) is 5.84. The molecule has 1 aliphatic heterocycles. The van der Waals surface area contributed by atoms with Crippen molar-refractivity contribution < 1.29 is 14.3 Å². The maximum atomic E-state index is 12.1. The van der Waals surface area contributed by atoms with Gasteiger partial charge in [0.2, 0.25) is 5.91 Å². The Morgan fingerprint density at radius 1 is 1.42 bits per heavy atom. The normalized spacial score (nSPS) is 24.2. The van der Waals surface area contributed by atoms with E-state index in [2.05, 4.69) is 21.6 Å². The Labute approximate surface area is 148 Å². The summed E-state index contributed by atoms with van der Waals surface area (Å²) in [4.78, 5) is 25.5. The molecule has 1 aromatic carbocycles. The van der Waals surface area contributed by atoms with Crippen LogP contribution in [0.25, 0.3) is 10.9 Å². The van der Waals surface area contributed by atoms with Crippen LogP contribution in [0.3, 0.4) is 0 Å². The molecule has 132 valence electrons. The molecule has 0 radical (unpaired) electrons. The quantitative estimate of drug-likeness (QED) is 0.802. The second-order valence-corrected chi connectivity index (χ2v) is 6.57. The van der Waals surface area contributed by atoms with Gasteiger partial charge in [-0.05, 0) is 31.5 Å². The van der Waals surface area contributed by atoms with Gasteiger partial charge in [0.05, 0.1) is 35.3 Å². The van der Waals surface area contributed by atoms with Crippen LogP contribution in [0.15, 0.2) is 18.2 Å². The molecule has 3 atom stereocenters. The van der Waals surface area contributed by atoms with Gasteiger partial charge in [-0.15, -0.1) is 10.2 Å². The van der Waals surface area contributed by atoms with Gasteiger partial charge in [-0.3, -0.25) is 9.69 Å². The van der Waals surface area contributed by atoms with Crippen LogP contribution in [-0.2, 0) is 9.53 Å². The van der Waals surface area contributed by atoms with E-state index in [-0.39, 0.29) is 29.6 Å². The first-order valence-electron chi connectivity index (χ1n) is 8.21. The summed E-state index contributed by atoms with van der Waals surface area (Å²) in [6.07, 6.45) is 0.137. The largest absolute Gasteiger partial charge is 0.447 e. The van der Waals surface area contributed by atoms with Crippen molar-refractivity contribution in [2.75, 3.05) is 22.6 Å². The first kappa shape index (κ1) is 16.1. The lowest BCUT2D eigenvalue weighted by atomic mass is 10.1. The molecule has 0 bridgehead atoms. The molecule has 1 saturated heterocycles. The number of nitrogens with one attached hydrogen (secondary N) is 1. The second-order valence-electron chi connectivity index (χ2n) is 6.57. The predicted octanol–water partition coefficient (Wildman–Crippen LogP) is 1.66. The number of nitrogens with two attached hydrogens (primary N) is 1. The lowest BCUT2D eigenvalue weighted by molar-refractivity contribution is -0.117. The van der Waals surface area contributed by atoms with E-state index in [1.165, 1.54) is 4.90 Å². The molecule has 4 rings (SSSR count). The van der Waals surface area contributed by atoms with Crippen molar-refractivity contribution in [1.29, 1.82) is 5.26 Å². The third-order valence-corrected chi connectivity index (χ3v) is 4.61. The molecular formula is C17H16N6O3. The van der Waals surface area contributed by atoms with E-state index in [1.54, 1.807) is 18.2 Å². The van der Waals surface area contributed by atoms with Gasteiger partial charge in [0, 0.05) is 5.39 Å². The van der Waals surface area contributed by atoms with Crippen molar-refractivity contribution in [1.82, 2.24) is 10.2 Å². The number of fused-ring (bicyclic) bond motifs is 1. The number of nitrogen functional groups attached to an aromatic ring is 1. The molecular weight excluding hydrogens is 336 g/mol. The highest BCUT2D eigenvalue weighted by atomic mass is 16.6. The lowest BCUT2D eigenvalue weighted by Gasteiger charge is -2.19. The number of carbonyl (C=O) groups excluding carboxylic acids is 2. The molecule has 2 fully saturated rings. The summed E-state index contributed by atoms with van der Waals surface area (Å²) in [7, 11) is 0. The summed E-state index contributed by atoms with van der Waals surface area (Å²) in [5, 5.41) is 20.2.